The number of carbonyl (C=O) groups is 2. The fraction of sp³-hybridized carbons (Fsp3) is 0.0588. The molecule has 27 heavy (non-hydrogen) atoms. The zero-order chi connectivity index (χ0) is 19.4. The molecule has 136 valence electrons. The monoisotopic (exact) mass is 366 g/mol. The van der Waals surface area contributed by atoms with Gasteiger partial charge in [-0.2, -0.15) is 0 Å². The quantitative estimate of drug-likeness (QED) is 0.532. The van der Waals surface area contributed by atoms with Crippen molar-refractivity contribution < 1.29 is 14.5 Å². The Morgan fingerprint density at radius 1 is 1.04 bits per heavy atom. The molecule has 0 bridgehead atoms. The van der Waals surface area contributed by atoms with E-state index in [9.17, 15) is 19.7 Å². The first kappa shape index (κ1) is 17.7. The maximum Gasteiger partial charge on any atom is 0.292 e. The molecule has 3 rings (SSSR count). The van der Waals surface area contributed by atoms with Crippen LogP contribution in [0.3, 0.4) is 0 Å². The van der Waals surface area contributed by atoms with Crippen molar-refractivity contribution in [3.63, 3.8) is 0 Å². The number of hydrazine groups is 1. The molecule has 2 aromatic carbocycles. The van der Waals surface area contributed by atoms with Gasteiger partial charge in [-0.05, 0) is 25.1 Å². The van der Waals surface area contributed by atoms with Gasteiger partial charge in [-0.15, -0.1) is 5.10 Å². The summed E-state index contributed by atoms with van der Waals surface area (Å²) in [5.74, 6) is -1.14. The molecule has 0 saturated heterocycles. The maximum absolute atomic E-state index is 12.3. The number of non-ortho nitro benzene ring substituents is 1. The minimum absolute atomic E-state index is 0.0186. The van der Waals surface area contributed by atoms with E-state index in [0.29, 0.717) is 16.9 Å². The van der Waals surface area contributed by atoms with Gasteiger partial charge in [0, 0.05) is 17.7 Å². The number of nitro benzene ring substituents is 1. The zero-order valence-electron chi connectivity index (χ0n) is 14.1. The summed E-state index contributed by atoms with van der Waals surface area (Å²) in [5.41, 5.74) is 5.57. The second kappa shape index (κ2) is 7.44. The summed E-state index contributed by atoms with van der Waals surface area (Å²) in [5, 5.41) is 18.6. The second-order valence-corrected chi connectivity index (χ2v) is 5.49. The summed E-state index contributed by atoms with van der Waals surface area (Å²) in [4.78, 5) is 34.6. The Kier molecular flexibility index (Phi) is 4.88. The molecule has 0 aliphatic rings. The molecule has 2 amide bonds. The van der Waals surface area contributed by atoms with Crippen molar-refractivity contribution in [2.45, 2.75) is 6.92 Å². The number of hydrogen-bond donors (Lipinski definition) is 2. The Bertz CT molecular complexity index is 1020. The number of benzene rings is 2. The highest BCUT2D eigenvalue weighted by Gasteiger charge is 2.19. The lowest BCUT2D eigenvalue weighted by Gasteiger charge is -2.07. The number of hydrogen-bond acceptors (Lipinski definition) is 6. The van der Waals surface area contributed by atoms with Crippen LogP contribution in [0.5, 0.6) is 0 Å². The highest BCUT2D eigenvalue weighted by Crippen LogP contribution is 2.18. The summed E-state index contributed by atoms with van der Waals surface area (Å²) >= 11 is 0. The summed E-state index contributed by atoms with van der Waals surface area (Å²) in [7, 11) is 0. The Hall–Kier alpha value is -4.08. The van der Waals surface area contributed by atoms with Gasteiger partial charge in [0.15, 0.2) is 5.69 Å². The lowest BCUT2D eigenvalue weighted by Crippen LogP contribution is -2.42. The van der Waals surface area contributed by atoms with Gasteiger partial charge in [-0.25, -0.2) is 4.68 Å². The third-order valence-corrected chi connectivity index (χ3v) is 3.72. The van der Waals surface area contributed by atoms with Crippen LogP contribution >= 0.6 is 0 Å². The standard InChI is InChI=1S/C17H14N6O4/c1-11-15(17(25)20-19-16(24)12-6-3-2-4-7-12)18-21-22(11)13-8-5-9-14(10-13)23(26)27/h2-10H,1H3,(H,19,24)(H,20,25). The molecule has 1 aromatic heterocycles. The van der Waals surface area contributed by atoms with E-state index in [-0.39, 0.29) is 11.4 Å². The largest absolute Gasteiger partial charge is 0.292 e. The first-order chi connectivity index (χ1) is 13.0. The molecular formula is C17H14N6O4. The number of nitro groups is 1. The summed E-state index contributed by atoms with van der Waals surface area (Å²) < 4.78 is 1.31. The van der Waals surface area contributed by atoms with Crippen LogP contribution < -0.4 is 10.9 Å². The number of carbonyl (C=O) groups excluding carboxylic acids is 2. The van der Waals surface area contributed by atoms with Crippen molar-refractivity contribution in [1.29, 1.82) is 0 Å². The molecule has 0 unspecified atom stereocenters. The minimum Gasteiger partial charge on any atom is -0.267 e. The molecule has 0 aliphatic heterocycles. The van der Waals surface area contributed by atoms with E-state index in [1.54, 1.807) is 43.3 Å². The van der Waals surface area contributed by atoms with Crippen molar-refractivity contribution in [2.24, 2.45) is 0 Å². The lowest BCUT2D eigenvalue weighted by molar-refractivity contribution is -0.384. The highest BCUT2D eigenvalue weighted by molar-refractivity contribution is 5.98. The molecule has 0 radical (unpaired) electrons. The van der Waals surface area contributed by atoms with E-state index in [1.165, 1.54) is 22.9 Å². The SMILES string of the molecule is Cc1c(C(=O)NNC(=O)c2ccccc2)nnn1-c1cccc([N+](=O)[O-])c1. The van der Waals surface area contributed by atoms with Crippen LogP contribution in [0.4, 0.5) is 5.69 Å². The Morgan fingerprint density at radius 3 is 2.44 bits per heavy atom. The van der Waals surface area contributed by atoms with E-state index >= 15 is 0 Å². The van der Waals surface area contributed by atoms with Gasteiger partial charge in [0.2, 0.25) is 0 Å². The average molecular weight is 366 g/mol. The van der Waals surface area contributed by atoms with Gasteiger partial charge in [-0.1, -0.05) is 29.5 Å². The number of nitrogens with zero attached hydrogens (tertiary/aromatic N) is 4. The Morgan fingerprint density at radius 2 is 1.74 bits per heavy atom. The lowest BCUT2D eigenvalue weighted by atomic mass is 10.2. The van der Waals surface area contributed by atoms with Crippen LogP contribution in [0.15, 0.2) is 54.6 Å². The van der Waals surface area contributed by atoms with Crippen molar-refractivity contribution in [1.82, 2.24) is 25.8 Å². The predicted octanol–water partition coefficient (Wildman–Crippen LogP) is 1.56. The van der Waals surface area contributed by atoms with Gasteiger partial charge in [0.25, 0.3) is 17.5 Å². The van der Waals surface area contributed by atoms with Gasteiger partial charge in [0.05, 0.1) is 16.3 Å². The molecule has 0 fully saturated rings. The van der Waals surface area contributed by atoms with Gasteiger partial charge < -0.3 is 0 Å². The Balaban J connectivity index is 1.75. The van der Waals surface area contributed by atoms with Crippen LogP contribution in [0.2, 0.25) is 0 Å². The van der Waals surface area contributed by atoms with E-state index in [0.717, 1.165) is 0 Å². The van der Waals surface area contributed by atoms with Gasteiger partial charge in [-0.3, -0.25) is 30.6 Å². The van der Waals surface area contributed by atoms with Gasteiger partial charge in [0.1, 0.15) is 0 Å². The number of rotatable bonds is 4. The zero-order valence-corrected chi connectivity index (χ0v) is 14.1. The molecule has 10 nitrogen and oxygen atoms in total. The van der Waals surface area contributed by atoms with E-state index in [4.69, 9.17) is 0 Å². The fourth-order valence-electron chi connectivity index (χ4n) is 2.36. The average Bonchev–Trinajstić information content (AvgIpc) is 3.08. The number of aromatic nitrogens is 3. The Labute approximate surface area is 152 Å². The van der Waals surface area contributed by atoms with Crippen molar-refractivity contribution >= 4 is 17.5 Å². The van der Waals surface area contributed by atoms with Crippen LogP contribution in [-0.4, -0.2) is 31.7 Å². The molecule has 2 N–H and O–H groups in total. The van der Waals surface area contributed by atoms with Gasteiger partial charge >= 0.3 is 0 Å². The minimum atomic E-state index is -0.659. The van der Waals surface area contributed by atoms with Crippen LogP contribution in [0.25, 0.3) is 5.69 Å². The van der Waals surface area contributed by atoms with E-state index < -0.39 is 16.7 Å². The molecule has 0 spiro atoms. The third-order valence-electron chi connectivity index (χ3n) is 3.72. The number of nitrogens with one attached hydrogen (secondary N) is 2. The summed E-state index contributed by atoms with van der Waals surface area (Å²) in [6, 6.07) is 14.2. The smallest absolute Gasteiger partial charge is 0.267 e. The molecule has 0 aliphatic carbocycles. The molecular weight excluding hydrogens is 352 g/mol. The third kappa shape index (κ3) is 3.79. The van der Waals surface area contributed by atoms with Crippen LogP contribution in [-0.2, 0) is 0 Å². The predicted molar refractivity (Wildman–Crippen MR) is 94.1 cm³/mol. The van der Waals surface area contributed by atoms with E-state index in [1.807, 2.05) is 0 Å². The molecule has 1 heterocycles. The second-order valence-electron chi connectivity index (χ2n) is 5.49. The maximum atomic E-state index is 12.3. The first-order valence-electron chi connectivity index (χ1n) is 7.80. The molecule has 0 saturated carbocycles. The van der Waals surface area contributed by atoms with Crippen LogP contribution in [0.1, 0.15) is 26.5 Å². The highest BCUT2D eigenvalue weighted by atomic mass is 16.6. The van der Waals surface area contributed by atoms with Crippen molar-refractivity contribution in [2.75, 3.05) is 0 Å². The number of amides is 2. The van der Waals surface area contributed by atoms with Crippen molar-refractivity contribution in [3.8, 4) is 5.69 Å². The molecule has 10 heteroatoms. The topological polar surface area (TPSA) is 132 Å². The van der Waals surface area contributed by atoms with E-state index in [2.05, 4.69) is 21.2 Å². The fourth-order valence-corrected chi connectivity index (χ4v) is 2.36. The molecule has 3 aromatic rings. The normalized spacial score (nSPS) is 10.3. The molecule has 0 atom stereocenters. The first-order valence-corrected chi connectivity index (χ1v) is 7.80. The summed E-state index contributed by atoms with van der Waals surface area (Å²) in [6.07, 6.45) is 0. The van der Waals surface area contributed by atoms with Crippen molar-refractivity contribution in [3.05, 3.63) is 81.7 Å². The van der Waals surface area contributed by atoms with Crippen LogP contribution in [0, 0.1) is 17.0 Å². The summed E-state index contributed by atoms with van der Waals surface area (Å²) in [6.45, 7) is 1.59.